The summed E-state index contributed by atoms with van der Waals surface area (Å²) < 4.78 is 0. The van der Waals surface area contributed by atoms with Gasteiger partial charge in [-0.05, 0) is 29.0 Å². The average Bonchev–Trinajstić information content (AvgIpc) is 2.91. The van der Waals surface area contributed by atoms with Crippen molar-refractivity contribution in [3.05, 3.63) is 57.8 Å². The zero-order valence-electron chi connectivity index (χ0n) is 11.5. The van der Waals surface area contributed by atoms with E-state index in [0.717, 1.165) is 18.5 Å². The molecule has 2 aromatic rings. The van der Waals surface area contributed by atoms with E-state index in [-0.39, 0.29) is 0 Å². The van der Waals surface area contributed by atoms with Crippen LogP contribution in [0.5, 0.6) is 0 Å². The van der Waals surface area contributed by atoms with Crippen LogP contribution in [0.15, 0.2) is 41.8 Å². The van der Waals surface area contributed by atoms with Crippen molar-refractivity contribution >= 4 is 17.3 Å². The summed E-state index contributed by atoms with van der Waals surface area (Å²) in [7, 11) is 0. The Morgan fingerprint density at radius 3 is 2.70 bits per heavy atom. The molecule has 1 aromatic carbocycles. The van der Waals surface area contributed by atoms with Gasteiger partial charge in [0, 0.05) is 18.0 Å². The first kappa shape index (κ1) is 14.8. The molecule has 2 rings (SSSR count). The fourth-order valence-corrected chi connectivity index (χ4v) is 3.15. The first-order valence-electron chi connectivity index (χ1n) is 6.76. The Balaban J connectivity index is 1.95. The summed E-state index contributed by atoms with van der Waals surface area (Å²) in [6.07, 6.45) is 1.02. The van der Waals surface area contributed by atoms with Gasteiger partial charge in [0.25, 0.3) is 0 Å². The van der Waals surface area contributed by atoms with Crippen LogP contribution in [0.3, 0.4) is 0 Å². The fourth-order valence-electron chi connectivity index (χ4n) is 2.20. The lowest BCUT2D eigenvalue weighted by molar-refractivity contribution is -0.138. The molecule has 4 heteroatoms. The Morgan fingerprint density at radius 2 is 2.05 bits per heavy atom. The molecule has 1 heterocycles. The van der Waals surface area contributed by atoms with Crippen LogP contribution in [0.2, 0.25) is 0 Å². The van der Waals surface area contributed by atoms with E-state index in [0.29, 0.717) is 6.54 Å². The number of carboxylic acid groups (broad SMARTS) is 1. The van der Waals surface area contributed by atoms with E-state index in [1.165, 1.54) is 10.4 Å². The van der Waals surface area contributed by atoms with E-state index in [9.17, 15) is 9.90 Å². The van der Waals surface area contributed by atoms with Crippen molar-refractivity contribution < 1.29 is 9.90 Å². The van der Waals surface area contributed by atoms with Crippen LogP contribution < -0.4 is 5.32 Å². The number of rotatable bonds is 7. The van der Waals surface area contributed by atoms with Gasteiger partial charge < -0.3 is 10.4 Å². The summed E-state index contributed by atoms with van der Waals surface area (Å²) in [5.74, 6) is -1.29. The Hall–Kier alpha value is -1.65. The van der Waals surface area contributed by atoms with Crippen LogP contribution in [-0.2, 0) is 17.8 Å². The molecule has 1 unspecified atom stereocenters. The Labute approximate surface area is 123 Å². The zero-order chi connectivity index (χ0) is 14.4. The smallest absolute Gasteiger partial charge is 0.312 e. The van der Waals surface area contributed by atoms with Crippen LogP contribution in [0.4, 0.5) is 0 Å². The molecule has 0 saturated heterocycles. The molecule has 0 amide bonds. The first-order chi connectivity index (χ1) is 9.72. The highest BCUT2D eigenvalue weighted by Crippen LogP contribution is 2.18. The third-order valence-electron chi connectivity index (χ3n) is 3.35. The molecule has 0 spiro atoms. The molecule has 1 aromatic heterocycles. The molecule has 1 atom stereocenters. The zero-order valence-corrected chi connectivity index (χ0v) is 12.3. The molecule has 0 saturated carbocycles. The average molecular weight is 289 g/mol. The number of carboxylic acids is 1. The van der Waals surface area contributed by atoms with Gasteiger partial charge in [-0.25, -0.2) is 0 Å². The maximum atomic E-state index is 11.4. The third-order valence-corrected chi connectivity index (χ3v) is 4.32. The number of aliphatic carboxylic acids is 1. The van der Waals surface area contributed by atoms with Crippen molar-refractivity contribution in [3.8, 4) is 0 Å². The van der Waals surface area contributed by atoms with Crippen LogP contribution in [0, 0.1) is 0 Å². The second-order valence-corrected chi connectivity index (χ2v) is 5.66. The highest BCUT2D eigenvalue weighted by molar-refractivity contribution is 7.10. The molecule has 20 heavy (non-hydrogen) atoms. The van der Waals surface area contributed by atoms with E-state index in [2.05, 4.69) is 23.7 Å². The largest absolute Gasteiger partial charge is 0.481 e. The van der Waals surface area contributed by atoms with Gasteiger partial charge in [0.2, 0.25) is 0 Å². The van der Waals surface area contributed by atoms with Gasteiger partial charge in [-0.3, -0.25) is 4.79 Å². The van der Waals surface area contributed by atoms with E-state index in [1.54, 1.807) is 11.3 Å². The van der Waals surface area contributed by atoms with Crippen LogP contribution >= 0.6 is 11.3 Å². The van der Waals surface area contributed by atoms with Crippen molar-refractivity contribution in [1.82, 2.24) is 5.32 Å². The van der Waals surface area contributed by atoms with Gasteiger partial charge in [-0.1, -0.05) is 37.3 Å². The second kappa shape index (κ2) is 7.22. The molecule has 3 nitrogen and oxygen atoms in total. The van der Waals surface area contributed by atoms with Gasteiger partial charge in [-0.15, -0.1) is 11.3 Å². The number of carbonyl (C=O) groups is 1. The topological polar surface area (TPSA) is 49.3 Å². The number of hydrogen-bond acceptors (Lipinski definition) is 3. The molecular formula is C16H19NO2S. The summed E-state index contributed by atoms with van der Waals surface area (Å²) >= 11 is 1.72. The van der Waals surface area contributed by atoms with Gasteiger partial charge >= 0.3 is 5.97 Å². The molecule has 0 radical (unpaired) electrons. The van der Waals surface area contributed by atoms with Crippen LogP contribution in [0.1, 0.15) is 28.8 Å². The Morgan fingerprint density at radius 1 is 1.30 bits per heavy atom. The number of hydrogen-bond donors (Lipinski definition) is 2. The number of thiophene rings is 1. The van der Waals surface area contributed by atoms with Crippen LogP contribution in [0.25, 0.3) is 0 Å². The summed E-state index contributed by atoms with van der Waals surface area (Å²) in [5, 5.41) is 14.7. The number of nitrogens with one attached hydrogen (secondary N) is 1. The maximum Gasteiger partial charge on any atom is 0.312 e. The maximum absolute atomic E-state index is 11.4. The fraction of sp³-hybridized carbons (Fsp3) is 0.312. The lowest BCUT2D eigenvalue weighted by Crippen LogP contribution is -2.26. The second-order valence-electron chi connectivity index (χ2n) is 4.65. The SMILES string of the molecule is CCc1ccsc1CNCC(C(=O)O)c1ccccc1. The normalized spacial score (nSPS) is 12.2. The summed E-state index contributed by atoms with van der Waals surface area (Å²) in [6.45, 7) is 3.31. The molecular weight excluding hydrogens is 270 g/mol. The Bertz CT molecular complexity index is 551. The standard InChI is InChI=1S/C16H19NO2S/c1-2-12-8-9-20-15(12)11-17-10-14(16(18)19)13-6-4-3-5-7-13/h3-9,14,17H,2,10-11H2,1H3,(H,18,19). The summed E-state index contributed by atoms with van der Waals surface area (Å²) in [5.41, 5.74) is 2.18. The van der Waals surface area contributed by atoms with Crippen molar-refractivity contribution in [3.63, 3.8) is 0 Å². The molecule has 0 aliphatic heterocycles. The monoisotopic (exact) mass is 289 g/mol. The number of benzene rings is 1. The minimum atomic E-state index is -0.786. The van der Waals surface area contributed by atoms with Gasteiger partial charge in [0.15, 0.2) is 0 Å². The van der Waals surface area contributed by atoms with E-state index in [1.807, 2.05) is 30.3 Å². The quantitative estimate of drug-likeness (QED) is 0.822. The highest BCUT2D eigenvalue weighted by atomic mass is 32.1. The van der Waals surface area contributed by atoms with E-state index in [4.69, 9.17) is 0 Å². The van der Waals surface area contributed by atoms with Crippen molar-refractivity contribution in [2.24, 2.45) is 0 Å². The predicted molar refractivity (Wildman–Crippen MR) is 82.2 cm³/mol. The molecule has 0 fully saturated rings. The lowest BCUT2D eigenvalue weighted by atomic mass is 9.99. The van der Waals surface area contributed by atoms with Crippen LogP contribution in [-0.4, -0.2) is 17.6 Å². The third kappa shape index (κ3) is 3.68. The van der Waals surface area contributed by atoms with Crippen molar-refractivity contribution in [2.75, 3.05) is 6.54 Å². The summed E-state index contributed by atoms with van der Waals surface area (Å²) in [6, 6.07) is 11.5. The minimum Gasteiger partial charge on any atom is -0.481 e. The molecule has 2 N–H and O–H groups in total. The lowest BCUT2D eigenvalue weighted by Gasteiger charge is -2.13. The molecule has 0 bridgehead atoms. The first-order valence-corrected chi connectivity index (χ1v) is 7.64. The van der Waals surface area contributed by atoms with E-state index < -0.39 is 11.9 Å². The minimum absolute atomic E-state index is 0.445. The van der Waals surface area contributed by atoms with Gasteiger partial charge in [0.1, 0.15) is 0 Å². The molecule has 0 aliphatic rings. The number of aryl methyl sites for hydroxylation is 1. The van der Waals surface area contributed by atoms with Crippen molar-refractivity contribution in [2.45, 2.75) is 25.8 Å². The molecule has 106 valence electrons. The predicted octanol–water partition coefficient (Wildman–Crippen LogP) is 3.27. The van der Waals surface area contributed by atoms with Crippen molar-refractivity contribution in [1.29, 1.82) is 0 Å². The summed E-state index contributed by atoms with van der Waals surface area (Å²) in [4.78, 5) is 12.7. The Kier molecular flexibility index (Phi) is 5.32. The highest BCUT2D eigenvalue weighted by Gasteiger charge is 2.19. The van der Waals surface area contributed by atoms with Gasteiger partial charge in [-0.2, -0.15) is 0 Å². The molecule has 0 aliphatic carbocycles. The van der Waals surface area contributed by atoms with Gasteiger partial charge in [0.05, 0.1) is 5.92 Å². The van der Waals surface area contributed by atoms with E-state index >= 15 is 0 Å².